The van der Waals surface area contributed by atoms with Crippen LogP contribution in [0.25, 0.3) is 0 Å². The van der Waals surface area contributed by atoms with Crippen LogP contribution in [0.4, 0.5) is 0 Å². The first-order valence-corrected chi connectivity index (χ1v) is 7.46. The number of rotatable bonds is 7. The van der Waals surface area contributed by atoms with E-state index in [4.69, 9.17) is 4.74 Å². The Labute approximate surface area is 126 Å². The van der Waals surface area contributed by atoms with Gasteiger partial charge in [-0.25, -0.2) is 9.97 Å². The van der Waals surface area contributed by atoms with Gasteiger partial charge in [0.25, 0.3) is 0 Å². The molecule has 112 valence electrons. The van der Waals surface area contributed by atoms with Crippen LogP contribution in [-0.2, 0) is 6.42 Å². The first kappa shape index (κ1) is 15.4. The quantitative estimate of drug-likeness (QED) is 0.849. The summed E-state index contributed by atoms with van der Waals surface area (Å²) in [5.74, 6) is 0.591. The minimum atomic E-state index is 0.0627. The Hall–Kier alpha value is -1.94. The van der Waals surface area contributed by atoms with Crippen molar-refractivity contribution < 1.29 is 4.74 Å². The van der Waals surface area contributed by atoms with Crippen molar-refractivity contribution in [1.82, 2.24) is 15.3 Å². The van der Waals surface area contributed by atoms with Gasteiger partial charge in [0, 0.05) is 6.07 Å². The summed E-state index contributed by atoms with van der Waals surface area (Å²) in [5, 5.41) is 3.54. The molecule has 0 saturated carbocycles. The van der Waals surface area contributed by atoms with Crippen LogP contribution in [0.3, 0.4) is 0 Å². The van der Waals surface area contributed by atoms with Crippen molar-refractivity contribution in [3.05, 3.63) is 53.5 Å². The Bertz CT molecular complexity index is 554. The van der Waals surface area contributed by atoms with Crippen LogP contribution in [0.2, 0.25) is 0 Å². The fourth-order valence-corrected chi connectivity index (χ4v) is 2.25. The molecule has 1 aromatic heterocycles. The van der Waals surface area contributed by atoms with Crippen molar-refractivity contribution in [2.45, 2.75) is 32.7 Å². The van der Waals surface area contributed by atoms with Gasteiger partial charge in [-0.1, -0.05) is 38.1 Å². The van der Waals surface area contributed by atoms with Gasteiger partial charge in [-0.2, -0.15) is 0 Å². The average molecular weight is 285 g/mol. The SMILES string of the molecule is CCCNC(c1ccc(CC)cc1)c1cc(OC)ncn1. The molecular formula is C17H23N3O. The van der Waals surface area contributed by atoms with E-state index >= 15 is 0 Å². The van der Waals surface area contributed by atoms with Crippen LogP contribution >= 0.6 is 0 Å². The Kier molecular flexibility index (Phi) is 5.69. The third-order valence-electron chi connectivity index (χ3n) is 3.49. The van der Waals surface area contributed by atoms with Crippen molar-refractivity contribution in [3.63, 3.8) is 0 Å². The molecule has 4 nitrogen and oxygen atoms in total. The Morgan fingerprint density at radius 3 is 2.52 bits per heavy atom. The molecule has 1 unspecified atom stereocenters. The van der Waals surface area contributed by atoms with Gasteiger partial charge in [-0.05, 0) is 30.5 Å². The smallest absolute Gasteiger partial charge is 0.216 e. The van der Waals surface area contributed by atoms with Crippen molar-refractivity contribution in [3.8, 4) is 5.88 Å². The first-order chi connectivity index (χ1) is 10.3. The topological polar surface area (TPSA) is 47.0 Å². The van der Waals surface area contributed by atoms with Crippen molar-refractivity contribution in [2.24, 2.45) is 0 Å². The van der Waals surface area contributed by atoms with E-state index in [9.17, 15) is 0 Å². The van der Waals surface area contributed by atoms with Gasteiger partial charge in [-0.15, -0.1) is 0 Å². The third-order valence-corrected chi connectivity index (χ3v) is 3.49. The highest BCUT2D eigenvalue weighted by Crippen LogP contribution is 2.22. The molecule has 0 amide bonds. The largest absolute Gasteiger partial charge is 0.481 e. The molecule has 0 aliphatic carbocycles. The summed E-state index contributed by atoms with van der Waals surface area (Å²) in [7, 11) is 1.62. The molecule has 0 spiro atoms. The minimum absolute atomic E-state index is 0.0627. The zero-order valence-electron chi connectivity index (χ0n) is 13.0. The molecule has 0 aliphatic heterocycles. The molecule has 4 heteroatoms. The molecule has 0 bridgehead atoms. The molecule has 2 rings (SSSR count). The van der Waals surface area contributed by atoms with Crippen LogP contribution in [0.1, 0.15) is 43.1 Å². The van der Waals surface area contributed by atoms with Crippen molar-refractivity contribution in [2.75, 3.05) is 13.7 Å². The van der Waals surface area contributed by atoms with Gasteiger partial charge in [0.2, 0.25) is 5.88 Å². The van der Waals surface area contributed by atoms with E-state index in [-0.39, 0.29) is 6.04 Å². The fraction of sp³-hybridized carbons (Fsp3) is 0.412. The third kappa shape index (κ3) is 4.02. The predicted molar refractivity (Wildman–Crippen MR) is 84.5 cm³/mol. The van der Waals surface area contributed by atoms with Crippen LogP contribution in [0, 0.1) is 0 Å². The summed E-state index contributed by atoms with van der Waals surface area (Å²) >= 11 is 0. The monoisotopic (exact) mass is 285 g/mol. The molecule has 1 atom stereocenters. The second-order valence-corrected chi connectivity index (χ2v) is 4.97. The highest BCUT2D eigenvalue weighted by molar-refractivity contribution is 5.31. The number of nitrogens with one attached hydrogen (secondary N) is 1. The number of hydrogen-bond donors (Lipinski definition) is 1. The molecular weight excluding hydrogens is 262 g/mol. The van der Waals surface area contributed by atoms with Gasteiger partial charge < -0.3 is 10.1 Å². The second kappa shape index (κ2) is 7.74. The Morgan fingerprint density at radius 1 is 1.14 bits per heavy atom. The van der Waals surface area contributed by atoms with Gasteiger partial charge in [0.1, 0.15) is 6.33 Å². The highest BCUT2D eigenvalue weighted by atomic mass is 16.5. The van der Waals surface area contributed by atoms with E-state index in [1.54, 1.807) is 13.4 Å². The maximum atomic E-state index is 5.20. The molecule has 21 heavy (non-hydrogen) atoms. The Balaban J connectivity index is 2.31. The number of aryl methyl sites for hydroxylation is 1. The summed E-state index contributed by atoms with van der Waals surface area (Å²) in [6.45, 7) is 5.26. The molecule has 0 saturated heterocycles. The van der Waals surface area contributed by atoms with E-state index in [0.717, 1.165) is 25.1 Å². The maximum absolute atomic E-state index is 5.20. The first-order valence-electron chi connectivity index (χ1n) is 7.46. The highest BCUT2D eigenvalue weighted by Gasteiger charge is 2.15. The average Bonchev–Trinajstić information content (AvgIpc) is 2.56. The molecule has 0 fully saturated rings. The fourth-order valence-electron chi connectivity index (χ4n) is 2.25. The second-order valence-electron chi connectivity index (χ2n) is 4.97. The van der Waals surface area contributed by atoms with Crippen LogP contribution in [0.15, 0.2) is 36.7 Å². The summed E-state index contributed by atoms with van der Waals surface area (Å²) < 4.78 is 5.20. The van der Waals surface area contributed by atoms with Crippen molar-refractivity contribution >= 4 is 0 Å². The molecule has 0 aliphatic rings. The normalized spacial score (nSPS) is 12.1. The maximum Gasteiger partial charge on any atom is 0.216 e. The predicted octanol–water partition coefficient (Wildman–Crippen LogP) is 3.14. The molecule has 0 radical (unpaired) electrons. The van der Waals surface area contributed by atoms with E-state index in [1.807, 2.05) is 6.07 Å². The standard InChI is InChI=1S/C17H23N3O/c1-4-10-18-17(14-8-6-13(5-2)7-9-14)15-11-16(21-3)20-12-19-15/h6-9,11-12,17-18H,4-5,10H2,1-3H3. The summed E-state index contributed by atoms with van der Waals surface area (Å²) in [5.41, 5.74) is 3.48. The van der Waals surface area contributed by atoms with E-state index in [0.29, 0.717) is 5.88 Å². The van der Waals surface area contributed by atoms with Gasteiger partial charge in [0.05, 0.1) is 18.8 Å². The van der Waals surface area contributed by atoms with Gasteiger partial charge in [-0.3, -0.25) is 0 Å². The van der Waals surface area contributed by atoms with Gasteiger partial charge >= 0.3 is 0 Å². The van der Waals surface area contributed by atoms with Crippen molar-refractivity contribution in [1.29, 1.82) is 0 Å². The number of nitrogens with zero attached hydrogens (tertiary/aromatic N) is 2. The lowest BCUT2D eigenvalue weighted by Crippen LogP contribution is -2.24. The number of benzene rings is 1. The summed E-state index contributed by atoms with van der Waals surface area (Å²) in [6, 6.07) is 10.6. The zero-order chi connectivity index (χ0) is 15.1. The lowest BCUT2D eigenvalue weighted by molar-refractivity contribution is 0.394. The number of hydrogen-bond acceptors (Lipinski definition) is 4. The molecule has 1 aromatic carbocycles. The molecule has 1 heterocycles. The molecule has 1 N–H and O–H groups in total. The van der Waals surface area contributed by atoms with Gasteiger partial charge in [0.15, 0.2) is 0 Å². The summed E-state index contributed by atoms with van der Waals surface area (Å²) in [6.07, 6.45) is 3.68. The van der Waals surface area contributed by atoms with Crippen LogP contribution < -0.4 is 10.1 Å². The van der Waals surface area contributed by atoms with E-state index in [1.165, 1.54) is 11.1 Å². The number of aromatic nitrogens is 2. The van der Waals surface area contributed by atoms with E-state index in [2.05, 4.69) is 53.4 Å². The lowest BCUT2D eigenvalue weighted by atomic mass is 10.0. The minimum Gasteiger partial charge on any atom is -0.481 e. The summed E-state index contributed by atoms with van der Waals surface area (Å²) in [4.78, 5) is 8.49. The number of ether oxygens (including phenoxy) is 1. The lowest BCUT2D eigenvalue weighted by Gasteiger charge is -2.19. The Morgan fingerprint density at radius 2 is 1.90 bits per heavy atom. The van der Waals surface area contributed by atoms with Crippen LogP contribution in [0.5, 0.6) is 5.88 Å². The number of methoxy groups -OCH3 is 1. The molecule has 2 aromatic rings. The van der Waals surface area contributed by atoms with Crippen LogP contribution in [-0.4, -0.2) is 23.6 Å². The zero-order valence-corrected chi connectivity index (χ0v) is 13.0. The van der Waals surface area contributed by atoms with E-state index < -0.39 is 0 Å².